The van der Waals surface area contributed by atoms with Crippen LogP contribution in [-0.2, 0) is 4.79 Å². The Morgan fingerprint density at radius 3 is 2.47 bits per heavy atom. The van der Waals surface area contributed by atoms with E-state index in [2.05, 4.69) is 5.32 Å². The molecule has 0 saturated carbocycles. The summed E-state index contributed by atoms with van der Waals surface area (Å²) in [5.74, 6) is -1.05. The number of rotatable bonds is 6. The van der Waals surface area contributed by atoms with Gasteiger partial charge in [0.05, 0.1) is 4.92 Å². The maximum Gasteiger partial charge on any atom is 0.329 e. The molecule has 0 unspecified atom stereocenters. The van der Waals surface area contributed by atoms with E-state index in [1.165, 1.54) is 18.2 Å². The molecule has 0 aromatic heterocycles. The molecule has 0 amide bonds. The summed E-state index contributed by atoms with van der Waals surface area (Å²) in [7, 11) is 0. The number of nitrogens with zero attached hydrogens (tertiary/aromatic N) is 1. The van der Waals surface area contributed by atoms with Crippen molar-refractivity contribution in [3.8, 4) is 0 Å². The molecule has 7 heteroatoms. The van der Waals surface area contributed by atoms with Crippen LogP contribution in [0.25, 0.3) is 0 Å². The van der Waals surface area contributed by atoms with Crippen LogP contribution < -0.4 is 5.32 Å². The van der Waals surface area contributed by atoms with E-state index >= 15 is 0 Å². The minimum Gasteiger partial charge on any atom is -0.480 e. The van der Waals surface area contributed by atoms with Gasteiger partial charge in [-0.1, -0.05) is 25.4 Å². The Balaban J connectivity index is 3.26. The van der Waals surface area contributed by atoms with E-state index < -0.39 is 16.4 Å². The number of carboxylic acid groups (broad SMARTS) is 1. The molecule has 0 fully saturated rings. The van der Waals surface area contributed by atoms with Gasteiger partial charge in [-0.15, -0.1) is 0 Å². The van der Waals surface area contributed by atoms with Crippen LogP contribution in [0.4, 0.5) is 11.4 Å². The van der Waals surface area contributed by atoms with Gasteiger partial charge in [-0.25, -0.2) is 4.79 Å². The Morgan fingerprint density at radius 1 is 1.47 bits per heavy atom. The molecule has 0 spiro atoms. The van der Waals surface area contributed by atoms with Crippen LogP contribution >= 0.6 is 11.6 Å². The Morgan fingerprint density at radius 2 is 2.05 bits per heavy atom. The van der Waals surface area contributed by atoms with Crippen LogP contribution in [0, 0.1) is 10.1 Å². The van der Waals surface area contributed by atoms with Gasteiger partial charge in [0.25, 0.3) is 5.69 Å². The van der Waals surface area contributed by atoms with Crippen LogP contribution in [0.1, 0.15) is 26.7 Å². The Labute approximate surface area is 115 Å². The number of hydrogen-bond acceptors (Lipinski definition) is 4. The quantitative estimate of drug-likeness (QED) is 0.618. The lowest BCUT2D eigenvalue weighted by Crippen LogP contribution is -2.45. The molecule has 0 heterocycles. The van der Waals surface area contributed by atoms with Crippen LogP contribution in [-0.4, -0.2) is 21.5 Å². The van der Waals surface area contributed by atoms with Crippen molar-refractivity contribution >= 4 is 28.9 Å². The third-order valence-electron chi connectivity index (χ3n) is 3.15. The van der Waals surface area contributed by atoms with Gasteiger partial charge in [0, 0.05) is 11.1 Å². The van der Waals surface area contributed by atoms with Gasteiger partial charge in [0.15, 0.2) is 0 Å². The highest BCUT2D eigenvalue weighted by Crippen LogP contribution is 2.32. The second kappa shape index (κ2) is 5.88. The summed E-state index contributed by atoms with van der Waals surface area (Å²) >= 11 is 5.81. The van der Waals surface area contributed by atoms with Gasteiger partial charge in [-0.3, -0.25) is 10.1 Å². The highest BCUT2D eigenvalue weighted by atomic mass is 35.5. The van der Waals surface area contributed by atoms with Crippen LogP contribution in [0.3, 0.4) is 0 Å². The predicted molar refractivity (Wildman–Crippen MR) is 72.7 cm³/mol. The Kier molecular flexibility index (Phi) is 4.72. The van der Waals surface area contributed by atoms with Crippen molar-refractivity contribution in [1.82, 2.24) is 0 Å². The maximum atomic E-state index is 11.4. The zero-order valence-corrected chi connectivity index (χ0v) is 11.4. The predicted octanol–water partition coefficient (Wildman–Crippen LogP) is 3.30. The SMILES string of the molecule is CCC(CC)(Nc1cc(Cl)ccc1[N+](=O)[O-])C(=O)O. The summed E-state index contributed by atoms with van der Waals surface area (Å²) in [5, 5.41) is 23.3. The average Bonchev–Trinajstić information content (AvgIpc) is 2.35. The smallest absolute Gasteiger partial charge is 0.329 e. The summed E-state index contributed by atoms with van der Waals surface area (Å²) in [5.41, 5.74) is -1.32. The number of carbonyl (C=O) groups is 1. The number of benzene rings is 1. The van der Waals surface area contributed by atoms with E-state index in [9.17, 15) is 20.0 Å². The zero-order valence-electron chi connectivity index (χ0n) is 10.6. The van der Waals surface area contributed by atoms with Crippen molar-refractivity contribution in [2.75, 3.05) is 5.32 Å². The van der Waals surface area contributed by atoms with Gasteiger partial charge in [-0.2, -0.15) is 0 Å². The highest BCUT2D eigenvalue weighted by Gasteiger charge is 2.36. The molecule has 0 radical (unpaired) electrons. The third kappa shape index (κ3) is 3.14. The molecule has 1 aromatic rings. The van der Waals surface area contributed by atoms with E-state index in [1.54, 1.807) is 13.8 Å². The topological polar surface area (TPSA) is 92.5 Å². The minimum absolute atomic E-state index is 0.114. The summed E-state index contributed by atoms with van der Waals surface area (Å²) in [6.45, 7) is 3.42. The summed E-state index contributed by atoms with van der Waals surface area (Å²) in [6, 6.07) is 4.01. The molecule has 104 valence electrons. The van der Waals surface area contributed by atoms with Gasteiger partial charge in [0.2, 0.25) is 0 Å². The summed E-state index contributed by atoms with van der Waals surface area (Å²) < 4.78 is 0. The maximum absolute atomic E-state index is 11.4. The second-order valence-electron chi connectivity index (χ2n) is 4.14. The fourth-order valence-corrected chi connectivity index (χ4v) is 1.98. The first kappa shape index (κ1) is 15.2. The molecule has 6 nitrogen and oxygen atoms in total. The number of nitro benzene ring substituents is 1. The fourth-order valence-electron chi connectivity index (χ4n) is 1.81. The van der Waals surface area contributed by atoms with E-state index in [0.29, 0.717) is 17.9 Å². The van der Waals surface area contributed by atoms with Crippen molar-refractivity contribution < 1.29 is 14.8 Å². The van der Waals surface area contributed by atoms with E-state index in [1.807, 2.05) is 0 Å². The molecule has 0 aliphatic heterocycles. The van der Waals surface area contributed by atoms with Crippen molar-refractivity contribution in [3.63, 3.8) is 0 Å². The number of carboxylic acids is 1. The van der Waals surface area contributed by atoms with Crippen molar-refractivity contribution in [3.05, 3.63) is 33.3 Å². The largest absolute Gasteiger partial charge is 0.480 e. The molecular weight excluding hydrogens is 272 g/mol. The Hall–Kier alpha value is -1.82. The minimum atomic E-state index is -1.24. The summed E-state index contributed by atoms with van der Waals surface area (Å²) in [4.78, 5) is 21.8. The van der Waals surface area contributed by atoms with Gasteiger partial charge >= 0.3 is 5.97 Å². The number of halogens is 1. The molecule has 0 bridgehead atoms. The van der Waals surface area contributed by atoms with Gasteiger partial charge in [0.1, 0.15) is 11.2 Å². The standard InChI is InChI=1S/C12H15ClN2O4/c1-3-12(4-2,11(16)17)14-9-7-8(13)5-6-10(9)15(18)19/h5-7,14H,3-4H2,1-2H3,(H,16,17). The molecule has 0 aliphatic carbocycles. The first-order valence-corrected chi connectivity index (χ1v) is 6.19. The number of hydrogen-bond donors (Lipinski definition) is 2. The third-order valence-corrected chi connectivity index (χ3v) is 3.38. The lowest BCUT2D eigenvalue weighted by atomic mass is 9.92. The van der Waals surface area contributed by atoms with Crippen LogP contribution in [0.5, 0.6) is 0 Å². The van der Waals surface area contributed by atoms with E-state index in [0.717, 1.165) is 0 Å². The Bertz CT molecular complexity index is 501. The average molecular weight is 287 g/mol. The summed E-state index contributed by atoms with van der Waals surface area (Å²) in [6.07, 6.45) is 0.588. The van der Waals surface area contributed by atoms with Gasteiger partial charge < -0.3 is 10.4 Å². The molecule has 0 atom stereocenters. The molecule has 0 aliphatic rings. The van der Waals surface area contributed by atoms with Crippen LogP contribution in [0.15, 0.2) is 18.2 Å². The normalized spacial score (nSPS) is 11.1. The molecule has 1 aromatic carbocycles. The monoisotopic (exact) mass is 286 g/mol. The van der Waals surface area contributed by atoms with Crippen molar-refractivity contribution in [2.24, 2.45) is 0 Å². The number of nitro groups is 1. The number of aliphatic carboxylic acids is 1. The molecule has 19 heavy (non-hydrogen) atoms. The van der Waals surface area contributed by atoms with Crippen molar-refractivity contribution in [1.29, 1.82) is 0 Å². The molecule has 0 saturated heterocycles. The number of nitrogens with one attached hydrogen (secondary N) is 1. The van der Waals surface area contributed by atoms with E-state index in [-0.39, 0.29) is 11.4 Å². The first-order valence-electron chi connectivity index (χ1n) is 5.81. The second-order valence-corrected chi connectivity index (χ2v) is 4.57. The zero-order chi connectivity index (χ0) is 14.6. The highest BCUT2D eigenvalue weighted by molar-refractivity contribution is 6.31. The van der Waals surface area contributed by atoms with E-state index in [4.69, 9.17) is 11.6 Å². The lowest BCUT2D eigenvalue weighted by Gasteiger charge is -2.29. The van der Waals surface area contributed by atoms with Crippen molar-refractivity contribution in [2.45, 2.75) is 32.2 Å². The fraction of sp³-hybridized carbons (Fsp3) is 0.417. The van der Waals surface area contributed by atoms with Gasteiger partial charge in [-0.05, 0) is 25.0 Å². The first-order chi connectivity index (χ1) is 8.86. The van der Waals surface area contributed by atoms with Crippen LogP contribution in [0.2, 0.25) is 5.02 Å². The molecule has 2 N–H and O–H groups in total. The molecular formula is C12H15ClN2O4. The lowest BCUT2D eigenvalue weighted by molar-refractivity contribution is -0.384. The molecule has 1 rings (SSSR count). The number of anilines is 1.